The number of alkyl halides is 6. The minimum Gasteiger partial charge on any atom is -0.374 e. The first kappa shape index (κ1) is 21.0. The average molecular weight is 364 g/mol. The number of halogens is 6. The summed E-state index contributed by atoms with van der Waals surface area (Å²) in [6, 6.07) is 0.125. The first-order valence-electron chi connectivity index (χ1n) is 7.68. The summed E-state index contributed by atoms with van der Waals surface area (Å²) in [6.07, 6.45) is -11.8. The van der Waals surface area contributed by atoms with Crippen molar-refractivity contribution in [2.75, 3.05) is 13.1 Å². The summed E-state index contributed by atoms with van der Waals surface area (Å²) in [5.74, 6) is -0.626. The Hall–Kier alpha value is -1.03. The van der Waals surface area contributed by atoms with Gasteiger partial charge in [-0.3, -0.25) is 9.69 Å². The average Bonchev–Trinajstić information content (AvgIpc) is 2.83. The van der Waals surface area contributed by atoms with E-state index in [1.165, 1.54) is 0 Å². The van der Waals surface area contributed by atoms with E-state index in [1.807, 2.05) is 19.2 Å². The molecule has 24 heavy (non-hydrogen) atoms. The topological polar surface area (TPSA) is 52.6 Å². The molecule has 1 fully saturated rings. The summed E-state index contributed by atoms with van der Waals surface area (Å²) >= 11 is 0. The van der Waals surface area contributed by atoms with Gasteiger partial charge in [-0.05, 0) is 33.2 Å². The van der Waals surface area contributed by atoms with Gasteiger partial charge in [0, 0.05) is 31.5 Å². The predicted molar refractivity (Wildman–Crippen MR) is 74.2 cm³/mol. The van der Waals surface area contributed by atoms with Crippen LogP contribution in [-0.2, 0) is 4.79 Å². The van der Waals surface area contributed by atoms with E-state index in [-0.39, 0.29) is 18.5 Å². The highest BCUT2D eigenvalue weighted by Gasteiger charge is 2.69. The van der Waals surface area contributed by atoms with Crippen LogP contribution in [0.2, 0.25) is 0 Å². The molecule has 0 spiro atoms. The summed E-state index contributed by atoms with van der Waals surface area (Å²) < 4.78 is 75.0. The Morgan fingerprint density at radius 2 is 1.75 bits per heavy atom. The van der Waals surface area contributed by atoms with Gasteiger partial charge in [0.15, 0.2) is 0 Å². The molecule has 0 unspecified atom stereocenters. The molecule has 1 amide bonds. The monoisotopic (exact) mass is 364 g/mol. The SMILES string of the molecule is CC(C)N1CCC[C@H]1CC(=O)NCCC(O)(C(F)(F)F)C(F)(F)F. The summed E-state index contributed by atoms with van der Waals surface area (Å²) in [7, 11) is 0. The van der Waals surface area contributed by atoms with E-state index in [0.717, 1.165) is 19.4 Å². The van der Waals surface area contributed by atoms with Crippen molar-refractivity contribution in [2.45, 2.75) is 69.6 Å². The van der Waals surface area contributed by atoms with Gasteiger partial charge in [-0.15, -0.1) is 0 Å². The quantitative estimate of drug-likeness (QED) is 0.713. The number of carbonyl (C=O) groups excluding carboxylic acids is 1. The fourth-order valence-electron chi connectivity index (χ4n) is 2.87. The third-order valence-corrected chi connectivity index (χ3v) is 4.25. The van der Waals surface area contributed by atoms with Crippen molar-refractivity contribution >= 4 is 5.91 Å². The van der Waals surface area contributed by atoms with Crippen LogP contribution < -0.4 is 5.32 Å². The van der Waals surface area contributed by atoms with Gasteiger partial charge in [0.25, 0.3) is 5.60 Å². The van der Waals surface area contributed by atoms with Crippen molar-refractivity contribution in [3.8, 4) is 0 Å². The van der Waals surface area contributed by atoms with Crippen LogP contribution in [0.25, 0.3) is 0 Å². The summed E-state index contributed by atoms with van der Waals surface area (Å²) in [5, 5.41) is 11.0. The molecule has 1 aliphatic heterocycles. The third kappa shape index (κ3) is 4.75. The molecule has 0 aromatic heterocycles. The van der Waals surface area contributed by atoms with Crippen LogP contribution in [0.15, 0.2) is 0 Å². The molecule has 1 atom stereocenters. The lowest BCUT2D eigenvalue weighted by molar-refractivity contribution is -0.369. The van der Waals surface area contributed by atoms with Gasteiger partial charge in [0.2, 0.25) is 5.91 Å². The van der Waals surface area contributed by atoms with Crippen LogP contribution in [0, 0.1) is 0 Å². The second-order valence-corrected chi connectivity index (χ2v) is 6.29. The molecule has 4 nitrogen and oxygen atoms in total. The van der Waals surface area contributed by atoms with Gasteiger partial charge >= 0.3 is 12.4 Å². The van der Waals surface area contributed by atoms with Gasteiger partial charge in [-0.1, -0.05) is 0 Å². The van der Waals surface area contributed by atoms with Crippen molar-refractivity contribution < 1.29 is 36.2 Å². The fourth-order valence-corrected chi connectivity index (χ4v) is 2.87. The zero-order chi connectivity index (χ0) is 18.8. The Morgan fingerprint density at radius 3 is 2.21 bits per heavy atom. The molecule has 0 aliphatic carbocycles. The van der Waals surface area contributed by atoms with Gasteiger partial charge < -0.3 is 10.4 Å². The molecule has 1 rings (SSSR count). The first-order valence-corrected chi connectivity index (χ1v) is 7.68. The first-order chi connectivity index (χ1) is 10.8. The molecule has 1 aliphatic rings. The molecule has 142 valence electrons. The van der Waals surface area contributed by atoms with Crippen LogP contribution in [0.5, 0.6) is 0 Å². The van der Waals surface area contributed by atoms with Crippen LogP contribution in [0.1, 0.15) is 39.5 Å². The lowest BCUT2D eigenvalue weighted by atomic mass is 9.98. The Labute approximate surface area is 136 Å². The minimum atomic E-state index is -5.87. The largest absolute Gasteiger partial charge is 0.426 e. The number of rotatable bonds is 6. The maximum atomic E-state index is 12.5. The second kappa shape index (κ2) is 7.47. The number of hydrogen-bond donors (Lipinski definition) is 2. The van der Waals surface area contributed by atoms with Crippen molar-refractivity contribution in [3.63, 3.8) is 0 Å². The van der Waals surface area contributed by atoms with Crippen molar-refractivity contribution in [1.82, 2.24) is 10.2 Å². The Kier molecular flexibility index (Phi) is 6.54. The molecule has 0 aromatic rings. The number of hydrogen-bond acceptors (Lipinski definition) is 3. The lowest BCUT2D eigenvalue weighted by Gasteiger charge is -2.32. The van der Waals surface area contributed by atoms with Gasteiger partial charge in [-0.2, -0.15) is 26.3 Å². The third-order valence-electron chi connectivity index (χ3n) is 4.25. The minimum absolute atomic E-state index is 0.00858. The molecule has 0 saturated carbocycles. The maximum Gasteiger partial charge on any atom is 0.426 e. The number of carbonyl (C=O) groups is 1. The maximum absolute atomic E-state index is 12.5. The molecule has 0 bridgehead atoms. The number of aliphatic hydroxyl groups is 1. The van der Waals surface area contributed by atoms with Gasteiger partial charge in [0.05, 0.1) is 0 Å². The van der Waals surface area contributed by atoms with E-state index in [9.17, 15) is 31.1 Å². The van der Waals surface area contributed by atoms with Crippen molar-refractivity contribution in [1.29, 1.82) is 0 Å². The Morgan fingerprint density at radius 1 is 1.21 bits per heavy atom. The van der Waals surface area contributed by atoms with E-state index in [4.69, 9.17) is 5.11 Å². The Bertz CT molecular complexity index is 422. The number of likely N-dealkylation sites (tertiary alicyclic amines) is 1. The highest BCUT2D eigenvalue weighted by molar-refractivity contribution is 5.76. The standard InChI is InChI=1S/C14H22F6N2O2/c1-9(2)22-7-3-4-10(22)8-11(23)21-6-5-12(24,13(15,16)17)14(18,19)20/h9-10,24H,3-8H2,1-2H3,(H,21,23)/t10-/m0/s1. The summed E-state index contributed by atoms with van der Waals surface area (Å²) in [6.45, 7) is 3.78. The number of amides is 1. The van der Waals surface area contributed by atoms with E-state index < -0.39 is 36.8 Å². The molecule has 10 heteroatoms. The lowest BCUT2D eigenvalue weighted by Crippen LogP contribution is -2.58. The number of nitrogens with one attached hydrogen (secondary N) is 1. The number of nitrogens with zero attached hydrogens (tertiary/aromatic N) is 1. The highest BCUT2D eigenvalue weighted by Crippen LogP contribution is 2.44. The zero-order valence-corrected chi connectivity index (χ0v) is 13.5. The fraction of sp³-hybridized carbons (Fsp3) is 0.929. The van der Waals surface area contributed by atoms with Crippen molar-refractivity contribution in [2.24, 2.45) is 0 Å². The highest BCUT2D eigenvalue weighted by atomic mass is 19.4. The Balaban J connectivity index is 2.55. The molecule has 2 N–H and O–H groups in total. The molecular weight excluding hydrogens is 342 g/mol. The van der Waals surface area contributed by atoms with Crippen LogP contribution in [0.3, 0.4) is 0 Å². The van der Waals surface area contributed by atoms with E-state index >= 15 is 0 Å². The van der Waals surface area contributed by atoms with E-state index in [2.05, 4.69) is 4.90 Å². The molecular formula is C14H22F6N2O2. The summed E-state index contributed by atoms with van der Waals surface area (Å²) in [5.41, 5.74) is -4.83. The van der Waals surface area contributed by atoms with E-state index in [0.29, 0.717) is 0 Å². The molecule has 1 heterocycles. The zero-order valence-electron chi connectivity index (χ0n) is 13.5. The normalized spacial score (nSPS) is 20.7. The van der Waals surface area contributed by atoms with Crippen LogP contribution >= 0.6 is 0 Å². The van der Waals surface area contributed by atoms with E-state index in [1.54, 1.807) is 0 Å². The van der Waals surface area contributed by atoms with Gasteiger partial charge in [-0.25, -0.2) is 0 Å². The van der Waals surface area contributed by atoms with Gasteiger partial charge in [0.1, 0.15) is 0 Å². The predicted octanol–water partition coefficient (Wildman–Crippen LogP) is 2.61. The van der Waals surface area contributed by atoms with Crippen molar-refractivity contribution in [3.05, 3.63) is 0 Å². The summed E-state index contributed by atoms with van der Waals surface area (Å²) in [4.78, 5) is 13.8. The molecule has 0 radical (unpaired) electrons. The van der Waals surface area contributed by atoms with Crippen LogP contribution in [0.4, 0.5) is 26.3 Å². The second-order valence-electron chi connectivity index (χ2n) is 6.29. The van der Waals surface area contributed by atoms with Crippen LogP contribution in [-0.4, -0.2) is 59.0 Å². The molecule has 0 aromatic carbocycles. The smallest absolute Gasteiger partial charge is 0.374 e. The molecule has 1 saturated heterocycles.